The van der Waals surface area contributed by atoms with Crippen molar-refractivity contribution in [2.24, 2.45) is 0 Å². The number of hydrogen-bond donors (Lipinski definition) is 1. The fourth-order valence-electron chi connectivity index (χ4n) is 2.18. The van der Waals surface area contributed by atoms with Gasteiger partial charge in [0.15, 0.2) is 5.13 Å². The molecule has 0 aliphatic heterocycles. The molecule has 22 heavy (non-hydrogen) atoms. The zero-order valence-corrected chi connectivity index (χ0v) is 13.9. The molecule has 0 aliphatic carbocycles. The topological polar surface area (TPSA) is 54.9 Å². The maximum atomic E-state index is 12.0. The Balaban J connectivity index is 1.72. The van der Waals surface area contributed by atoms with Crippen molar-refractivity contribution >= 4 is 33.7 Å². The van der Waals surface area contributed by atoms with Crippen LogP contribution in [0.4, 0.5) is 5.13 Å². The van der Waals surface area contributed by atoms with E-state index in [0.717, 1.165) is 16.3 Å². The van der Waals surface area contributed by atoms with Crippen LogP contribution in [0.3, 0.4) is 0 Å². The number of hydrogen-bond acceptors (Lipinski definition) is 5. The Hall–Kier alpha value is -2.05. The third-order valence-corrected chi connectivity index (χ3v) is 4.80. The number of benzene rings is 1. The summed E-state index contributed by atoms with van der Waals surface area (Å²) in [5.74, 6) is -0.0903. The van der Waals surface area contributed by atoms with Gasteiger partial charge in [0.1, 0.15) is 5.01 Å². The maximum Gasteiger partial charge on any atom is 0.232 e. The molecule has 0 unspecified atom stereocenters. The molecule has 1 N–H and O–H groups in total. The number of anilines is 1. The molecular formula is C16H15N3OS2. The molecule has 0 saturated carbocycles. The van der Waals surface area contributed by atoms with E-state index in [-0.39, 0.29) is 12.3 Å². The van der Waals surface area contributed by atoms with Crippen LogP contribution in [0.25, 0.3) is 10.6 Å². The Morgan fingerprint density at radius 1 is 1.27 bits per heavy atom. The molecule has 4 nitrogen and oxygen atoms in total. The molecule has 0 fully saturated rings. The van der Waals surface area contributed by atoms with Crippen LogP contribution in [0.15, 0.2) is 35.2 Å². The van der Waals surface area contributed by atoms with E-state index < -0.39 is 0 Å². The summed E-state index contributed by atoms with van der Waals surface area (Å²) in [7, 11) is 0. The Morgan fingerprint density at radius 2 is 2.14 bits per heavy atom. The van der Waals surface area contributed by atoms with Gasteiger partial charge in [-0.3, -0.25) is 4.79 Å². The van der Waals surface area contributed by atoms with Crippen LogP contribution in [-0.2, 0) is 11.2 Å². The fraction of sp³-hybridized carbons (Fsp3) is 0.188. The van der Waals surface area contributed by atoms with E-state index in [0.29, 0.717) is 5.13 Å². The minimum atomic E-state index is -0.0903. The van der Waals surface area contributed by atoms with Gasteiger partial charge in [-0.1, -0.05) is 23.8 Å². The van der Waals surface area contributed by atoms with Crippen molar-refractivity contribution < 1.29 is 4.79 Å². The predicted octanol–water partition coefficient (Wildman–Crippen LogP) is 4.06. The Kier molecular flexibility index (Phi) is 4.31. The van der Waals surface area contributed by atoms with Gasteiger partial charge >= 0.3 is 0 Å². The highest BCUT2D eigenvalue weighted by Crippen LogP contribution is 2.27. The van der Waals surface area contributed by atoms with Gasteiger partial charge in [0.25, 0.3) is 0 Å². The maximum absolute atomic E-state index is 12.0. The van der Waals surface area contributed by atoms with Crippen molar-refractivity contribution in [3.05, 3.63) is 52.0 Å². The monoisotopic (exact) mass is 329 g/mol. The highest BCUT2D eigenvalue weighted by molar-refractivity contribution is 7.13. The first-order chi connectivity index (χ1) is 10.6. The van der Waals surface area contributed by atoms with Crippen LogP contribution >= 0.6 is 22.7 Å². The summed E-state index contributed by atoms with van der Waals surface area (Å²) in [6, 6.07) is 6.31. The number of aromatic nitrogens is 2. The zero-order chi connectivity index (χ0) is 15.5. The molecule has 1 amide bonds. The van der Waals surface area contributed by atoms with E-state index in [9.17, 15) is 4.79 Å². The summed E-state index contributed by atoms with van der Waals surface area (Å²) in [5.41, 5.74) is 4.35. The SMILES string of the molecule is Cc1ccc(-c2nc(CC(=O)Nc3nccs3)cs2)c(C)c1. The third kappa shape index (κ3) is 3.40. The zero-order valence-electron chi connectivity index (χ0n) is 12.3. The average molecular weight is 329 g/mol. The van der Waals surface area contributed by atoms with E-state index in [2.05, 4.69) is 47.3 Å². The number of nitrogens with zero attached hydrogens (tertiary/aromatic N) is 2. The van der Waals surface area contributed by atoms with Crippen molar-refractivity contribution in [3.63, 3.8) is 0 Å². The Morgan fingerprint density at radius 3 is 2.86 bits per heavy atom. The molecule has 112 valence electrons. The number of nitrogens with one attached hydrogen (secondary N) is 1. The fourth-order valence-corrected chi connectivity index (χ4v) is 3.63. The molecule has 1 aromatic carbocycles. The molecule has 0 radical (unpaired) electrons. The normalized spacial score (nSPS) is 10.6. The molecule has 6 heteroatoms. The molecule has 3 aromatic rings. The number of thiazole rings is 2. The number of aryl methyl sites for hydroxylation is 2. The lowest BCUT2D eigenvalue weighted by Gasteiger charge is -2.03. The van der Waals surface area contributed by atoms with E-state index in [1.165, 1.54) is 22.5 Å². The van der Waals surface area contributed by atoms with Crippen LogP contribution in [0.1, 0.15) is 16.8 Å². The minimum Gasteiger partial charge on any atom is -0.302 e. The molecule has 3 rings (SSSR count). The van der Waals surface area contributed by atoms with Crippen molar-refractivity contribution in [2.45, 2.75) is 20.3 Å². The summed E-state index contributed by atoms with van der Waals surface area (Å²) in [4.78, 5) is 20.6. The predicted molar refractivity (Wildman–Crippen MR) is 91.5 cm³/mol. The second kappa shape index (κ2) is 6.37. The summed E-state index contributed by atoms with van der Waals surface area (Å²) in [5, 5.41) is 8.12. The van der Waals surface area contributed by atoms with Gasteiger partial charge in [-0.15, -0.1) is 22.7 Å². The van der Waals surface area contributed by atoms with Gasteiger partial charge in [0.2, 0.25) is 5.91 Å². The van der Waals surface area contributed by atoms with Gasteiger partial charge in [0.05, 0.1) is 12.1 Å². The molecule has 0 spiro atoms. The first-order valence-electron chi connectivity index (χ1n) is 6.83. The van der Waals surface area contributed by atoms with Crippen LogP contribution in [0, 0.1) is 13.8 Å². The third-order valence-electron chi connectivity index (χ3n) is 3.18. The summed E-state index contributed by atoms with van der Waals surface area (Å²) in [6.07, 6.45) is 1.93. The van der Waals surface area contributed by atoms with Gasteiger partial charge < -0.3 is 5.32 Å². The molecular weight excluding hydrogens is 314 g/mol. The number of amides is 1. The van der Waals surface area contributed by atoms with Gasteiger partial charge in [-0.25, -0.2) is 9.97 Å². The minimum absolute atomic E-state index is 0.0903. The summed E-state index contributed by atoms with van der Waals surface area (Å²) >= 11 is 2.97. The van der Waals surface area contributed by atoms with E-state index >= 15 is 0 Å². The first-order valence-corrected chi connectivity index (χ1v) is 8.59. The largest absolute Gasteiger partial charge is 0.302 e. The van der Waals surface area contributed by atoms with E-state index in [1.54, 1.807) is 17.5 Å². The average Bonchev–Trinajstić information content (AvgIpc) is 3.10. The van der Waals surface area contributed by atoms with Gasteiger partial charge in [-0.05, 0) is 19.4 Å². The number of carbonyl (C=O) groups excluding carboxylic acids is 1. The highest BCUT2D eigenvalue weighted by Gasteiger charge is 2.11. The highest BCUT2D eigenvalue weighted by atomic mass is 32.1. The Bertz CT molecular complexity index is 794. The summed E-state index contributed by atoms with van der Waals surface area (Å²) in [6.45, 7) is 4.16. The standard InChI is InChI=1S/C16H15N3OS2/c1-10-3-4-13(11(2)7-10)15-18-12(9-22-15)8-14(20)19-16-17-5-6-21-16/h3-7,9H,8H2,1-2H3,(H,17,19,20). The lowest BCUT2D eigenvalue weighted by atomic mass is 10.1. The smallest absolute Gasteiger partial charge is 0.232 e. The molecule has 2 aromatic heterocycles. The summed E-state index contributed by atoms with van der Waals surface area (Å²) < 4.78 is 0. The van der Waals surface area contributed by atoms with Crippen molar-refractivity contribution in [1.82, 2.24) is 9.97 Å². The first kappa shape index (κ1) is 14.9. The van der Waals surface area contributed by atoms with E-state index in [4.69, 9.17) is 0 Å². The van der Waals surface area contributed by atoms with Crippen LogP contribution in [0.5, 0.6) is 0 Å². The lowest BCUT2D eigenvalue weighted by Crippen LogP contribution is -2.14. The number of rotatable bonds is 4. The van der Waals surface area contributed by atoms with E-state index in [1.807, 2.05) is 10.8 Å². The van der Waals surface area contributed by atoms with Crippen LogP contribution < -0.4 is 5.32 Å². The molecule has 0 aliphatic rings. The van der Waals surface area contributed by atoms with Crippen LogP contribution in [0.2, 0.25) is 0 Å². The second-order valence-electron chi connectivity index (χ2n) is 5.02. The van der Waals surface area contributed by atoms with Crippen molar-refractivity contribution in [3.8, 4) is 10.6 Å². The Labute approximate surface area is 136 Å². The van der Waals surface area contributed by atoms with Gasteiger partial charge in [-0.2, -0.15) is 0 Å². The molecule has 0 saturated heterocycles. The molecule has 0 atom stereocenters. The number of carbonyl (C=O) groups is 1. The quantitative estimate of drug-likeness (QED) is 0.785. The van der Waals surface area contributed by atoms with Gasteiger partial charge in [0, 0.05) is 22.5 Å². The van der Waals surface area contributed by atoms with Crippen molar-refractivity contribution in [1.29, 1.82) is 0 Å². The van der Waals surface area contributed by atoms with Crippen LogP contribution in [-0.4, -0.2) is 15.9 Å². The van der Waals surface area contributed by atoms with Crippen molar-refractivity contribution in [2.75, 3.05) is 5.32 Å². The second-order valence-corrected chi connectivity index (χ2v) is 6.78. The lowest BCUT2D eigenvalue weighted by molar-refractivity contribution is -0.115. The molecule has 2 heterocycles. The molecule has 0 bridgehead atoms.